The van der Waals surface area contributed by atoms with E-state index in [1.165, 1.54) is 16.7 Å². The van der Waals surface area contributed by atoms with E-state index < -0.39 is 15.3 Å². The third-order valence-electron chi connectivity index (χ3n) is 3.58. The molecule has 1 atom stereocenters. The van der Waals surface area contributed by atoms with Crippen molar-refractivity contribution in [1.82, 2.24) is 0 Å². The number of primary sulfonamides is 1. The molecule has 114 valence electrons. The molecule has 0 aromatic heterocycles. The Morgan fingerprint density at radius 2 is 1.90 bits per heavy atom. The first-order chi connectivity index (χ1) is 9.70. The van der Waals surface area contributed by atoms with Crippen LogP contribution >= 0.6 is 0 Å². The number of amides is 2. The summed E-state index contributed by atoms with van der Waals surface area (Å²) in [5, 5.41) is 4.22. The second kappa shape index (κ2) is 5.45. The molecule has 8 heteroatoms. The molecule has 1 aliphatic heterocycles. The maximum absolute atomic E-state index is 11.9. The average molecular weight is 311 g/mol. The van der Waals surface area contributed by atoms with Gasteiger partial charge in [0.15, 0.2) is 0 Å². The first-order valence-corrected chi connectivity index (χ1v) is 7.97. The van der Waals surface area contributed by atoms with Crippen LogP contribution in [-0.4, -0.2) is 39.1 Å². The molecule has 1 unspecified atom stereocenters. The van der Waals surface area contributed by atoms with Gasteiger partial charge < -0.3 is 9.80 Å². The van der Waals surface area contributed by atoms with E-state index in [0.717, 1.165) is 0 Å². The van der Waals surface area contributed by atoms with Crippen LogP contribution in [-0.2, 0) is 19.6 Å². The van der Waals surface area contributed by atoms with E-state index in [4.69, 9.17) is 5.14 Å². The smallest absolute Gasteiger partial charge is 0.228 e. The third kappa shape index (κ3) is 3.22. The van der Waals surface area contributed by atoms with Crippen molar-refractivity contribution in [3.8, 4) is 0 Å². The molecule has 1 aliphatic rings. The molecule has 2 N–H and O–H groups in total. The summed E-state index contributed by atoms with van der Waals surface area (Å²) in [5.74, 6) is -0.379. The fraction of sp³-hybridized carbons (Fsp3) is 0.385. The molecule has 0 radical (unpaired) electrons. The van der Waals surface area contributed by atoms with Crippen molar-refractivity contribution >= 4 is 33.2 Å². The van der Waals surface area contributed by atoms with Crippen molar-refractivity contribution in [3.63, 3.8) is 0 Å². The predicted molar refractivity (Wildman–Crippen MR) is 79.4 cm³/mol. The van der Waals surface area contributed by atoms with E-state index in [-0.39, 0.29) is 24.8 Å². The van der Waals surface area contributed by atoms with Crippen molar-refractivity contribution in [1.29, 1.82) is 0 Å². The molecule has 0 aliphatic carbocycles. The molecule has 2 rings (SSSR count). The Labute approximate surface area is 123 Å². The molecule has 0 saturated carbocycles. The zero-order chi connectivity index (χ0) is 15.8. The Morgan fingerprint density at radius 1 is 1.33 bits per heavy atom. The van der Waals surface area contributed by atoms with E-state index >= 15 is 0 Å². The highest BCUT2D eigenvalue weighted by Gasteiger charge is 2.37. The van der Waals surface area contributed by atoms with E-state index in [9.17, 15) is 18.0 Å². The molecular formula is C13H17N3O4S. The topological polar surface area (TPSA) is 101 Å². The standard InChI is InChI=1S/C13H17N3O4S/c1-9(17)15(2)10-3-5-11(6-4-10)16-8-12(7-13(16)18)21(14,19)20/h3-6,12H,7-8H2,1-2H3,(H2,14,19,20). The maximum Gasteiger partial charge on any atom is 0.228 e. The van der Waals surface area contributed by atoms with Gasteiger partial charge in [0, 0.05) is 38.3 Å². The number of sulfonamides is 1. The number of hydrogen-bond donors (Lipinski definition) is 1. The first-order valence-electron chi connectivity index (χ1n) is 6.36. The predicted octanol–water partition coefficient (Wildman–Crippen LogP) is 0.0631. The number of carbonyl (C=O) groups is 2. The van der Waals surface area contributed by atoms with Gasteiger partial charge in [-0.1, -0.05) is 0 Å². The minimum Gasteiger partial charge on any atom is -0.316 e. The largest absolute Gasteiger partial charge is 0.316 e. The molecule has 1 aromatic rings. The fourth-order valence-corrected chi connectivity index (χ4v) is 2.91. The summed E-state index contributed by atoms with van der Waals surface area (Å²) in [5.41, 5.74) is 1.28. The highest BCUT2D eigenvalue weighted by molar-refractivity contribution is 7.89. The van der Waals surface area contributed by atoms with E-state index in [0.29, 0.717) is 11.4 Å². The second-order valence-corrected chi connectivity index (χ2v) is 6.86. The number of anilines is 2. The third-order valence-corrected chi connectivity index (χ3v) is 4.82. The highest BCUT2D eigenvalue weighted by Crippen LogP contribution is 2.26. The average Bonchev–Trinajstić information content (AvgIpc) is 2.80. The monoisotopic (exact) mass is 311 g/mol. The second-order valence-electron chi connectivity index (χ2n) is 5.01. The van der Waals surface area contributed by atoms with E-state index in [1.54, 1.807) is 31.3 Å². The summed E-state index contributed by atoms with van der Waals surface area (Å²) in [6.07, 6.45) is -0.103. The molecule has 1 fully saturated rings. The minimum absolute atomic E-state index is 0.0551. The number of nitrogens with two attached hydrogens (primary N) is 1. The zero-order valence-corrected chi connectivity index (χ0v) is 12.6. The lowest BCUT2D eigenvalue weighted by Crippen LogP contribution is -2.32. The van der Waals surface area contributed by atoms with Crippen molar-refractivity contribution in [3.05, 3.63) is 24.3 Å². The fourth-order valence-electron chi connectivity index (χ4n) is 2.18. The number of nitrogens with zero attached hydrogens (tertiary/aromatic N) is 2. The summed E-state index contributed by atoms with van der Waals surface area (Å²) in [4.78, 5) is 26.0. The molecule has 2 amide bonds. The van der Waals surface area contributed by atoms with Gasteiger partial charge in [-0.3, -0.25) is 9.59 Å². The number of benzene rings is 1. The number of rotatable bonds is 3. The van der Waals surface area contributed by atoms with Crippen molar-refractivity contribution in [2.75, 3.05) is 23.4 Å². The Hall–Kier alpha value is -1.93. The molecule has 1 aromatic carbocycles. The lowest BCUT2D eigenvalue weighted by Gasteiger charge is -2.19. The van der Waals surface area contributed by atoms with Crippen LogP contribution in [0.25, 0.3) is 0 Å². The van der Waals surface area contributed by atoms with Gasteiger partial charge in [-0.05, 0) is 24.3 Å². The van der Waals surface area contributed by atoms with Crippen molar-refractivity contribution in [2.45, 2.75) is 18.6 Å². The first kappa shape index (κ1) is 15.5. The Bertz CT molecular complexity index is 669. The van der Waals surface area contributed by atoms with Crippen LogP contribution in [0, 0.1) is 0 Å². The van der Waals surface area contributed by atoms with Crippen LogP contribution in [0.3, 0.4) is 0 Å². The summed E-state index contributed by atoms with van der Waals surface area (Å²) in [7, 11) is -2.08. The summed E-state index contributed by atoms with van der Waals surface area (Å²) < 4.78 is 22.7. The van der Waals surface area contributed by atoms with Gasteiger partial charge in [-0.25, -0.2) is 13.6 Å². The van der Waals surface area contributed by atoms with Gasteiger partial charge in [0.05, 0.1) is 0 Å². The van der Waals surface area contributed by atoms with Crippen LogP contribution in [0.2, 0.25) is 0 Å². The van der Waals surface area contributed by atoms with Crippen LogP contribution < -0.4 is 14.9 Å². The molecule has 21 heavy (non-hydrogen) atoms. The van der Waals surface area contributed by atoms with E-state index in [2.05, 4.69) is 0 Å². The molecular weight excluding hydrogens is 294 g/mol. The van der Waals surface area contributed by atoms with Gasteiger partial charge in [0.25, 0.3) is 0 Å². The van der Waals surface area contributed by atoms with Gasteiger partial charge in [-0.15, -0.1) is 0 Å². The van der Waals surface area contributed by atoms with Gasteiger partial charge in [0.1, 0.15) is 5.25 Å². The summed E-state index contributed by atoms with van der Waals surface area (Å²) >= 11 is 0. The zero-order valence-electron chi connectivity index (χ0n) is 11.8. The molecule has 0 spiro atoms. The summed E-state index contributed by atoms with van der Waals surface area (Å²) in [6, 6.07) is 6.76. The van der Waals surface area contributed by atoms with Crippen LogP contribution in [0.5, 0.6) is 0 Å². The maximum atomic E-state index is 11.9. The SMILES string of the molecule is CC(=O)N(C)c1ccc(N2CC(S(N)(=O)=O)CC2=O)cc1. The molecule has 0 bridgehead atoms. The van der Waals surface area contributed by atoms with Gasteiger partial charge in [0.2, 0.25) is 21.8 Å². The Morgan fingerprint density at radius 3 is 2.33 bits per heavy atom. The minimum atomic E-state index is -3.72. The van der Waals surface area contributed by atoms with E-state index in [1.807, 2.05) is 0 Å². The van der Waals surface area contributed by atoms with Crippen LogP contribution in [0.1, 0.15) is 13.3 Å². The lowest BCUT2D eigenvalue weighted by molar-refractivity contribution is -0.117. The van der Waals surface area contributed by atoms with Crippen molar-refractivity contribution < 1.29 is 18.0 Å². The Kier molecular flexibility index (Phi) is 4.02. The summed E-state index contributed by atoms with van der Waals surface area (Å²) in [6.45, 7) is 1.51. The van der Waals surface area contributed by atoms with Crippen LogP contribution in [0.15, 0.2) is 24.3 Å². The quantitative estimate of drug-likeness (QED) is 0.853. The van der Waals surface area contributed by atoms with Gasteiger partial charge in [-0.2, -0.15) is 0 Å². The lowest BCUT2D eigenvalue weighted by atomic mass is 10.2. The number of hydrogen-bond acceptors (Lipinski definition) is 4. The van der Waals surface area contributed by atoms with Crippen LogP contribution in [0.4, 0.5) is 11.4 Å². The van der Waals surface area contributed by atoms with Gasteiger partial charge >= 0.3 is 0 Å². The Balaban J connectivity index is 2.20. The molecule has 1 saturated heterocycles. The highest BCUT2D eigenvalue weighted by atomic mass is 32.2. The number of carbonyl (C=O) groups excluding carboxylic acids is 2. The molecule has 1 heterocycles. The molecule has 7 nitrogen and oxygen atoms in total. The normalized spacial score (nSPS) is 18.9. The van der Waals surface area contributed by atoms with Crippen molar-refractivity contribution in [2.24, 2.45) is 5.14 Å².